The summed E-state index contributed by atoms with van der Waals surface area (Å²) in [4.78, 5) is 21.6. The van der Waals surface area contributed by atoms with Crippen LogP contribution in [0.25, 0.3) is 0 Å². The average molecular weight is 409 g/mol. The predicted molar refractivity (Wildman–Crippen MR) is 115 cm³/mol. The summed E-state index contributed by atoms with van der Waals surface area (Å²) in [5.41, 5.74) is 0.147. The van der Waals surface area contributed by atoms with Gasteiger partial charge in [0.1, 0.15) is 0 Å². The topological polar surface area (TPSA) is 66.4 Å². The first-order valence-corrected chi connectivity index (χ1v) is 11.3. The lowest BCUT2D eigenvalue weighted by Gasteiger charge is -2.41. The summed E-state index contributed by atoms with van der Waals surface area (Å²) in [6.45, 7) is 13.1. The van der Waals surface area contributed by atoms with E-state index in [0.29, 0.717) is 25.0 Å². The molecule has 3 saturated heterocycles. The van der Waals surface area contributed by atoms with Crippen LogP contribution in [0.15, 0.2) is 4.99 Å². The predicted octanol–water partition coefficient (Wildman–Crippen LogP) is 1.97. The van der Waals surface area contributed by atoms with E-state index >= 15 is 0 Å². The number of hydrogen-bond donors (Lipinski definition) is 1. The van der Waals surface area contributed by atoms with Gasteiger partial charge in [0.25, 0.3) is 0 Å². The largest absolute Gasteiger partial charge is 0.378 e. The standard InChI is InChI=1S/C22H40N4O3/c1-22(2,3)19-18(6-5-13-29-19)16-24-21(23-4)26-9-7-17(8-10-26)20(27)25-11-14-28-15-12-25/h17-19H,5-16H2,1-4H3,(H,23,24). The van der Waals surface area contributed by atoms with Crippen LogP contribution in [0.4, 0.5) is 0 Å². The monoisotopic (exact) mass is 408 g/mol. The number of guanidine groups is 1. The minimum absolute atomic E-state index is 0.138. The molecule has 3 aliphatic rings. The van der Waals surface area contributed by atoms with Gasteiger partial charge >= 0.3 is 0 Å². The SMILES string of the molecule is CN=C(NCC1CCCOC1C(C)(C)C)N1CCC(C(=O)N2CCOCC2)CC1. The Morgan fingerprint density at radius 1 is 1.03 bits per heavy atom. The van der Waals surface area contributed by atoms with Crippen LogP contribution in [0.3, 0.4) is 0 Å². The van der Waals surface area contributed by atoms with Gasteiger partial charge in [-0.2, -0.15) is 0 Å². The molecule has 7 nitrogen and oxygen atoms in total. The number of morpholine rings is 1. The van der Waals surface area contributed by atoms with E-state index in [9.17, 15) is 4.79 Å². The summed E-state index contributed by atoms with van der Waals surface area (Å²) >= 11 is 0. The van der Waals surface area contributed by atoms with E-state index in [-0.39, 0.29) is 17.4 Å². The van der Waals surface area contributed by atoms with Gasteiger partial charge in [-0.1, -0.05) is 20.8 Å². The molecule has 3 heterocycles. The average Bonchev–Trinajstić information content (AvgIpc) is 2.74. The quantitative estimate of drug-likeness (QED) is 0.571. The van der Waals surface area contributed by atoms with E-state index < -0.39 is 0 Å². The number of amides is 1. The molecule has 1 N–H and O–H groups in total. The Morgan fingerprint density at radius 3 is 2.34 bits per heavy atom. The van der Waals surface area contributed by atoms with E-state index in [1.54, 1.807) is 0 Å². The molecule has 29 heavy (non-hydrogen) atoms. The maximum Gasteiger partial charge on any atom is 0.225 e. The third-order valence-corrected chi connectivity index (χ3v) is 6.50. The van der Waals surface area contributed by atoms with Crippen LogP contribution in [0, 0.1) is 17.3 Å². The Bertz CT molecular complexity index is 561. The molecule has 0 saturated carbocycles. The Hall–Kier alpha value is -1.34. The molecule has 0 aromatic heterocycles. The third kappa shape index (κ3) is 5.85. The van der Waals surface area contributed by atoms with Crippen LogP contribution in [-0.4, -0.2) is 87.4 Å². The fraction of sp³-hybridized carbons (Fsp3) is 0.909. The second kappa shape index (κ2) is 10.1. The molecule has 0 spiro atoms. The normalized spacial score (nSPS) is 27.8. The number of rotatable bonds is 3. The molecule has 1 amide bonds. The lowest BCUT2D eigenvalue weighted by Crippen LogP contribution is -2.52. The van der Waals surface area contributed by atoms with Gasteiger partial charge in [0.15, 0.2) is 5.96 Å². The van der Waals surface area contributed by atoms with Crippen LogP contribution < -0.4 is 5.32 Å². The zero-order valence-electron chi connectivity index (χ0n) is 18.8. The number of aliphatic imine (C=N–C) groups is 1. The highest BCUT2D eigenvalue weighted by Crippen LogP contribution is 2.33. The molecule has 2 unspecified atom stereocenters. The summed E-state index contributed by atoms with van der Waals surface area (Å²) < 4.78 is 11.5. The van der Waals surface area contributed by atoms with Crippen molar-refractivity contribution in [1.82, 2.24) is 15.1 Å². The van der Waals surface area contributed by atoms with E-state index in [1.807, 2.05) is 11.9 Å². The number of nitrogens with zero attached hydrogens (tertiary/aromatic N) is 3. The minimum Gasteiger partial charge on any atom is -0.378 e. The van der Waals surface area contributed by atoms with E-state index in [0.717, 1.165) is 64.6 Å². The van der Waals surface area contributed by atoms with Crippen molar-refractivity contribution in [2.24, 2.45) is 22.2 Å². The summed E-state index contributed by atoms with van der Waals surface area (Å²) in [5, 5.41) is 3.60. The summed E-state index contributed by atoms with van der Waals surface area (Å²) in [5.74, 6) is 1.91. The van der Waals surface area contributed by atoms with Gasteiger partial charge in [-0.05, 0) is 31.1 Å². The number of piperidine rings is 1. The van der Waals surface area contributed by atoms with Crippen molar-refractivity contribution in [3.05, 3.63) is 0 Å². The van der Waals surface area contributed by atoms with Crippen LogP contribution in [0.2, 0.25) is 0 Å². The van der Waals surface area contributed by atoms with Crippen molar-refractivity contribution < 1.29 is 14.3 Å². The highest BCUT2D eigenvalue weighted by molar-refractivity contribution is 5.81. The second-order valence-electron chi connectivity index (χ2n) is 9.69. The van der Waals surface area contributed by atoms with Crippen molar-refractivity contribution in [2.45, 2.75) is 52.6 Å². The van der Waals surface area contributed by atoms with Gasteiger partial charge in [0.2, 0.25) is 5.91 Å². The maximum absolute atomic E-state index is 12.8. The van der Waals surface area contributed by atoms with E-state index in [2.05, 4.69) is 36.0 Å². The van der Waals surface area contributed by atoms with Gasteiger partial charge in [0.05, 0.1) is 19.3 Å². The van der Waals surface area contributed by atoms with Gasteiger partial charge in [-0.3, -0.25) is 9.79 Å². The molecule has 0 aliphatic carbocycles. The molecule has 0 bridgehead atoms. The third-order valence-electron chi connectivity index (χ3n) is 6.50. The Morgan fingerprint density at radius 2 is 1.72 bits per heavy atom. The number of likely N-dealkylation sites (tertiary alicyclic amines) is 1. The van der Waals surface area contributed by atoms with Crippen LogP contribution in [0.1, 0.15) is 46.5 Å². The molecule has 3 rings (SSSR count). The Kier molecular flexibility index (Phi) is 7.79. The molecule has 0 radical (unpaired) electrons. The molecule has 2 atom stereocenters. The van der Waals surface area contributed by atoms with Gasteiger partial charge in [0, 0.05) is 58.2 Å². The molecule has 3 aliphatic heterocycles. The zero-order chi connectivity index (χ0) is 20.9. The summed E-state index contributed by atoms with van der Waals surface area (Å²) in [7, 11) is 1.85. The van der Waals surface area contributed by atoms with Crippen molar-refractivity contribution in [3.8, 4) is 0 Å². The molecule has 7 heteroatoms. The van der Waals surface area contributed by atoms with Crippen LogP contribution >= 0.6 is 0 Å². The fourth-order valence-electron chi connectivity index (χ4n) is 4.94. The highest BCUT2D eigenvalue weighted by Gasteiger charge is 2.36. The Labute approximate surface area is 176 Å². The van der Waals surface area contributed by atoms with Crippen LogP contribution in [-0.2, 0) is 14.3 Å². The minimum atomic E-state index is 0.138. The molecular weight excluding hydrogens is 368 g/mol. The molecule has 166 valence electrons. The van der Waals surface area contributed by atoms with Crippen molar-refractivity contribution in [1.29, 1.82) is 0 Å². The van der Waals surface area contributed by atoms with Gasteiger partial charge in [-0.25, -0.2) is 0 Å². The maximum atomic E-state index is 12.8. The number of carbonyl (C=O) groups is 1. The number of carbonyl (C=O) groups excluding carboxylic acids is 1. The van der Waals surface area contributed by atoms with E-state index in [4.69, 9.17) is 9.47 Å². The Balaban J connectivity index is 1.48. The van der Waals surface area contributed by atoms with Crippen molar-refractivity contribution >= 4 is 11.9 Å². The van der Waals surface area contributed by atoms with Gasteiger partial charge in [-0.15, -0.1) is 0 Å². The number of nitrogens with one attached hydrogen (secondary N) is 1. The molecule has 0 aromatic rings. The fourth-order valence-corrected chi connectivity index (χ4v) is 4.94. The molecule has 3 fully saturated rings. The second-order valence-corrected chi connectivity index (χ2v) is 9.69. The summed E-state index contributed by atoms with van der Waals surface area (Å²) in [6, 6.07) is 0. The lowest BCUT2D eigenvalue weighted by molar-refractivity contribution is -0.140. The first-order chi connectivity index (χ1) is 13.9. The lowest BCUT2D eigenvalue weighted by atomic mass is 9.78. The van der Waals surface area contributed by atoms with Crippen molar-refractivity contribution in [2.75, 3.05) is 59.6 Å². The summed E-state index contributed by atoms with van der Waals surface area (Å²) in [6.07, 6.45) is 4.40. The molecular formula is C22H40N4O3. The van der Waals surface area contributed by atoms with Crippen molar-refractivity contribution in [3.63, 3.8) is 0 Å². The van der Waals surface area contributed by atoms with E-state index in [1.165, 1.54) is 6.42 Å². The number of hydrogen-bond acceptors (Lipinski definition) is 4. The first kappa shape index (κ1) is 22.3. The zero-order valence-corrected chi connectivity index (χ0v) is 18.8. The smallest absolute Gasteiger partial charge is 0.225 e. The van der Waals surface area contributed by atoms with Crippen LogP contribution in [0.5, 0.6) is 0 Å². The number of ether oxygens (including phenoxy) is 2. The molecule has 0 aromatic carbocycles. The highest BCUT2D eigenvalue weighted by atomic mass is 16.5. The first-order valence-electron chi connectivity index (χ1n) is 11.3. The van der Waals surface area contributed by atoms with Gasteiger partial charge < -0.3 is 24.6 Å².